The Balaban J connectivity index is 3.12. The van der Waals surface area contributed by atoms with Crippen molar-refractivity contribution in [1.82, 2.24) is 0 Å². The zero-order valence-corrected chi connectivity index (χ0v) is 20.7. The van der Waals surface area contributed by atoms with Crippen molar-refractivity contribution >= 4 is 6.16 Å². The van der Waals surface area contributed by atoms with E-state index < -0.39 is 6.16 Å². The molecule has 30 heavy (non-hydrogen) atoms. The van der Waals surface area contributed by atoms with E-state index in [9.17, 15) is 4.79 Å². The van der Waals surface area contributed by atoms with Crippen LogP contribution in [0.2, 0.25) is 0 Å². The molecule has 0 N–H and O–H groups in total. The summed E-state index contributed by atoms with van der Waals surface area (Å²) < 4.78 is 10.3. The molecule has 0 aromatic heterocycles. The third kappa shape index (κ3) is 25.3. The van der Waals surface area contributed by atoms with Gasteiger partial charge in [0, 0.05) is 0 Å². The lowest BCUT2D eigenvalue weighted by atomic mass is 10.0. The van der Waals surface area contributed by atoms with Crippen LogP contribution in [0.5, 0.6) is 0 Å². The van der Waals surface area contributed by atoms with Crippen molar-refractivity contribution in [1.29, 1.82) is 0 Å². The van der Waals surface area contributed by atoms with Crippen LogP contribution < -0.4 is 0 Å². The van der Waals surface area contributed by atoms with E-state index in [1.165, 1.54) is 116 Å². The average molecular weight is 427 g/mol. The highest BCUT2D eigenvalue weighted by molar-refractivity contribution is 5.59. The predicted octanol–water partition coefficient (Wildman–Crippen LogP) is 9.76. The quantitative estimate of drug-likeness (QED) is 0.114. The highest BCUT2D eigenvalue weighted by Gasteiger charge is 2.03. The lowest BCUT2D eigenvalue weighted by molar-refractivity contribution is 0.0529. The van der Waals surface area contributed by atoms with E-state index >= 15 is 0 Å². The third-order valence-electron chi connectivity index (χ3n) is 5.94. The van der Waals surface area contributed by atoms with Crippen LogP contribution in [0.25, 0.3) is 0 Å². The van der Waals surface area contributed by atoms with Crippen LogP contribution >= 0.6 is 0 Å². The Morgan fingerprint density at radius 3 is 0.900 bits per heavy atom. The number of carbonyl (C=O) groups excluding carboxylic acids is 1. The smallest absolute Gasteiger partial charge is 0.434 e. The van der Waals surface area contributed by atoms with Crippen LogP contribution in [0, 0.1) is 0 Å². The summed E-state index contributed by atoms with van der Waals surface area (Å²) in [6.07, 6.45) is 28.3. The Morgan fingerprint density at radius 2 is 0.633 bits per heavy atom. The van der Waals surface area contributed by atoms with Gasteiger partial charge in [-0.3, -0.25) is 0 Å². The maximum Gasteiger partial charge on any atom is 0.508 e. The molecule has 0 aliphatic rings. The number of carbonyl (C=O) groups is 1. The number of ether oxygens (including phenoxy) is 2. The van der Waals surface area contributed by atoms with Crippen molar-refractivity contribution in [2.24, 2.45) is 0 Å². The van der Waals surface area contributed by atoms with Crippen molar-refractivity contribution in [2.75, 3.05) is 13.2 Å². The molecular formula is C27H54O3. The van der Waals surface area contributed by atoms with E-state index in [1.54, 1.807) is 0 Å². The van der Waals surface area contributed by atoms with Crippen molar-refractivity contribution < 1.29 is 14.3 Å². The molecule has 0 aromatic rings. The Kier molecular flexibility index (Phi) is 25.7. The van der Waals surface area contributed by atoms with Crippen molar-refractivity contribution in [3.8, 4) is 0 Å². The molecule has 0 bridgehead atoms. The molecule has 0 amide bonds. The fraction of sp³-hybridized carbons (Fsp3) is 0.963. The first-order chi connectivity index (χ1) is 14.8. The summed E-state index contributed by atoms with van der Waals surface area (Å²) in [6, 6.07) is 0. The van der Waals surface area contributed by atoms with Gasteiger partial charge in [-0.25, -0.2) is 4.79 Å². The maximum absolute atomic E-state index is 11.5. The average Bonchev–Trinajstić information content (AvgIpc) is 2.75. The minimum atomic E-state index is -0.479. The summed E-state index contributed by atoms with van der Waals surface area (Å²) in [5.74, 6) is 0. The molecule has 3 heteroatoms. The summed E-state index contributed by atoms with van der Waals surface area (Å²) in [5, 5.41) is 0. The van der Waals surface area contributed by atoms with E-state index in [0.717, 1.165) is 25.7 Å². The number of unbranched alkanes of at least 4 members (excludes halogenated alkanes) is 20. The third-order valence-corrected chi connectivity index (χ3v) is 5.94. The summed E-state index contributed by atoms with van der Waals surface area (Å²) in [6.45, 7) is 5.54. The van der Waals surface area contributed by atoms with Gasteiger partial charge in [0.2, 0.25) is 0 Å². The molecular weight excluding hydrogens is 372 g/mol. The van der Waals surface area contributed by atoms with E-state index in [2.05, 4.69) is 13.8 Å². The molecule has 0 spiro atoms. The molecule has 0 fully saturated rings. The van der Waals surface area contributed by atoms with Gasteiger partial charge in [0.1, 0.15) is 0 Å². The van der Waals surface area contributed by atoms with Crippen LogP contribution in [0.3, 0.4) is 0 Å². The summed E-state index contributed by atoms with van der Waals surface area (Å²) in [7, 11) is 0. The van der Waals surface area contributed by atoms with Gasteiger partial charge in [0.15, 0.2) is 0 Å². The standard InChI is InChI=1S/C27H54O3/c1-3-5-7-9-11-13-14-15-16-17-18-20-22-24-26-30-27(28)29-25-23-21-19-12-10-8-6-4-2/h3-26H2,1-2H3. The second-order valence-corrected chi connectivity index (χ2v) is 9.02. The molecule has 0 radical (unpaired) electrons. The Bertz CT molecular complexity index is 330. The molecule has 0 heterocycles. The van der Waals surface area contributed by atoms with Gasteiger partial charge in [-0.1, -0.05) is 142 Å². The topological polar surface area (TPSA) is 35.5 Å². The van der Waals surface area contributed by atoms with Crippen LogP contribution in [0.15, 0.2) is 0 Å². The molecule has 0 aromatic carbocycles. The lowest BCUT2D eigenvalue weighted by Gasteiger charge is -2.06. The van der Waals surface area contributed by atoms with Crippen molar-refractivity contribution in [3.05, 3.63) is 0 Å². The van der Waals surface area contributed by atoms with Crippen LogP contribution in [0.4, 0.5) is 4.79 Å². The van der Waals surface area contributed by atoms with E-state index in [0.29, 0.717) is 13.2 Å². The molecule has 0 rings (SSSR count). The summed E-state index contributed by atoms with van der Waals surface area (Å²) in [4.78, 5) is 11.5. The molecule has 0 aliphatic heterocycles. The minimum Gasteiger partial charge on any atom is -0.434 e. The monoisotopic (exact) mass is 426 g/mol. The van der Waals surface area contributed by atoms with Crippen LogP contribution in [-0.4, -0.2) is 19.4 Å². The van der Waals surface area contributed by atoms with Gasteiger partial charge in [-0.15, -0.1) is 0 Å². The molecule has 0 saturated heterocycles. The SMILES string of the molecule is CCCCCCCCCCCCCCCCOC(=O)OCCCCCCCCCC. The summed E-state index contributed by atoms with van der Waals surface area (Å²) >= 11 is 0. The van der Waals surface area contributed by atoms with Gasteiger partial charge in [-0.2, -0.15) is 0 Å². The second-order valence-electron chi connectivity index (χ2n) is 9.02. The zero-order chi connectivity index (χ0) is 22.0. The lowest BCUT2D eigenvalue weighted by Crippen LogP contribution is -2.09. The predicted molar refractivity (Wildman–Crippen MR) is 130 cm³/mol. The highest BCUT2D eigenvalue weighted by Crippen LogP contribution is 2.13. The van der Waals surface area contributed by atoms with E-state index in [-0.39, 0.29) is 0 Å². The number of rotatable bonds is 24. The highest BCUT2D eigenvalue weighted by atomic mass is 16.7. The molecule has 180 valence electrons. The number of hydrogen-bond acceptors (Lipinski definition) is 3. The number of hydrogen-bond donors (Lipinski definition) is 0. The largest absolute Gasteiger partial charge is 0.508 e. The van der Waals surface area contributed by atoms with E-state index in [4.69, 9.17) is 9.47 Å². The minimum absolute atomic E-state index is 0.479. The fourth-order valence-corrected chi connectivity index (χ4v) is 3.89. The molecule has 0 saturated carbocycles. The van der Waals surface area contributed by atoms with Crippen LogP contribution in [0.1, 0.15) is 155 Å². The first kappa shape index (κ1) is 29.3. The molecule has 0 aliphatic carbocycles. The summed E-state index contributed by atoms with van der Waals surface area (Å²) in [5.41, 5.74) is 0. The van der Waals surface area contributed by atoms with Crippen molar-refractivity contribution in [3.63, 3.8) is 0 Å². The van der Waals surface area contributed by atoms with Crippen LogP contribution in [-0.2, 0) is 9.47 Å². The Morgan fingerprint density at radius 1 is 0.400 bits per heavy atom. The first-order valence-corrected chi connectivity index (χ1v) is 13.6. The molecule has 3 nitrogen and oxygen atoms in total. The first-order valence-electron chi connectivity index (χ1n) is 13.6. The van der Waals surface area contributed by atoms with Gasteiger partial charge in [-0.05, 0) is 12.8 Å². The Labute approximate surface area is 189 Å². The van der Waals surface area contributed by atoms with Gasteiger partial charge >= 0.3 is 6.16 Å². The van der Waals surface area contributed by atoms with Crippen molar-refractivity contribution in [2.45, 2.75) is 155 Å². The zero-order valence-electron chi connectivity index (χ0n) is 20.7. The van der Waals surface area contributed by atoms with Gasteiger partial charge < -0.3 is 9.47 Å². The van der Waals surface area contributed by atoms with Gasteiger partial charge in [0.25, 0.3) is 0 Å². The normalized spacial score (nSPS) is 11.0. The molecule has 0 atom stereocenters. The maximum atomic E-state index is 11.5. The van der Waals surface area contributed by atoms with Gasteiger partial charge in [0.05, 0.1) is 13.2 Å². The Hall–Kier alpha value is -0.730. The molecule has 0 unspecified atom stereocenters. The second kappa shape index (κ2) is 26.3. The fourth-order valence-electron chi connectivity index (χ4n) is 3.89. The van der Waals surface area contributed by atoms with E-state index in [1.807, 2.05) is 0 Å².